The van der Waals surface area contributed by atoms with Crippen molar-refractivity contribution in [2.75, 3.05) is 0 Å². The van der Waals surface area contributed by atoms with E-state index in [9.17, 15) is 0 Å². The van der Waals surface area contributed by atoms with Gasteiger partial charge in [-0.3, -0.25) is 0 Å². The van der Waals surface area contributed by atoms with Crippen molar-refractivity contribution in [3.63, 3.8) is 0 Å². The molecule has 0 unspecified atom stereocenters. The van der Waals surface area contributed by atoms with Gasteiger partial charge in [0.1, 0.15) is 0 Å². The van der Waals surface area contributed by atoms with Gasteiger partial charge in [-0.1, -0.05) is 25.7 Å². The highest BCUT2D eigenvalue weighted by Gasteiger charge is 2.59. The van der Waals surface area contributed by atoms with Gasteiger partial charge in [-0.2, -0.15) is 0 Å². The van der Waals surface area contributed by atoms with E-state index in [2.05, 4.69) is 0 Å². The lowest BCUT2D eigenvalue weighted by molar-refractivity contribution is -0.0400. The Morgan fingerprint density at radius 3 is 1.46 bits per heavy atom. The monoisotopic (exact) mass is 179 g/mol. The summed E-state index contributed by atoms with van der Waals surface area (Å²) in [6.07, 6.45) is 10.1. The SMILES string of the molecule is [B]1OC2(CCCC2)C2(CCCC2)O1. The number of hydrogen-bond donors (Lipinski definition) is 0. The zero-order chi connectivity index (χ0) is 8.78. The van der Waals surface area contributed by atoms with Crippen molar-refractivity contribution in [3.05, 3.63) is 0 Å². The van der Waals surface area contributed by atoms with E-state index in [0.29, 0.717) is 0 Å². The van der Waals surface area contributed by atoms with Gasteiger partial charge in [-0.15, -0.1) is 0 Å². The lowest BCUT2D eigenvalue weighted by Crippen LogP contribution is -2.47. The Bertz CT molecular complexity index is 172. The van der Waals surface area contributed by atoms with Crippen LogP contribution in [0.1, 0.15) is 51.4 Å². The molecule has 13 heavy (non-hydrogen) atoms. The standard InChI is InChI=1S/C10H16BO2/c1-2-6-9(5-1)10(13-11-12-9)7-3-4-8-10/h1-8H2. The molecule has 0 aromatic heterocycles. The van der Waals surface area contributed by atoms with E-state index in [1.54, 1.807) is 7.69 Å². The van der Waals surface area contributed by atoms with Crippen LogP contribution in [-0.2, 0) is 9.31 Å². The second-order valence-corrected chi connectivity index (χ2v) is 4.73. The normalized spacial score (nSPS) is 34.5. The van der Waals surface area contributed by atoms with Crippen LogP contribution in [0.2, 0.25) is 0 Å². The van der Waals surface area contributed by atoms with Crippen molar-refractivity contribution in [2.24, 2.45) is 0 Å². The molecule has 1 saturated heterocycles. The highest BCUT2D eigenvalue weighted by molar-refractivity contribution is 6.19. The van der Waals surface area contributed by atoms with Gasteiger partial charge in [0, 0.05) is 0 Å². The first kappa shape index (κ1) is 8.31. The van der Waals surface area contributed by atoms with Crippen LogP contribution >= 0.6 is 0 Å². The molecule has 0 atom stereocenters. The van der Waals surface area contributed by atoms with Crippen molar-refractivity contribution in [1.29, 1.82) is 0 Å². The molecule has 0 N–H and O–H groups in total. The van der Waals surface area contributed by atoms with E-state index in [0.717, 1.165) is 0 Å². The summed E-state index contributed by atoms with van der Waals surface area (Å²) in [7, 11) is 1.62. The van der Waals surface area contributed by atoms with Gasteiger partial charge in [-0.05, 0) is 25.7 Å². The van der Waals surface area contributed by atoms with Gasteiger partial charge in [0.2, 0.25) is 0 Å². The second-order valence-electron chi connectivity index (χ2n) is 4.73. The third-order valence-corrected chi connectivity index (χ3v) is 4.20. The topological polar surface area (TPSA) is 18.5 Å². The fraction of sp³-hybridized carbons (Fsp3) is 1.00. The summed E-state index contributed by atoms with van der Waals surface area (Å²) < 4.78 is 11.6. The lowest BCUT2D eigenvalue weighted by Gasteiger charge is -2.39. The molecule has 3 heteroatoms. The van der Waals surface area contributed by atoms with Crippen LogP contribution in [0.15, 0.2) is 0 Å². The molecule has 3 fully saturated rings. The molecule has 1 heterocycles. The summed E-state index contributed by atoms with van der Waals surface area (Å²) >= 11 is 0. The van der Waals surface area contributed by atoms with Crippen LogP contribution in [0.5, 0.6) is 0 Å². The smallest absolute Gasteiger partial charge is 0.405 e. The Morgan fingerprint density at radius 2 is 1.08 bits per heavy atom. The molecule has 2 saturated carbocycles. The van der Waals surface area contributed by atoms with Gasteiger partial charge in [0.25, 0.3) is 0 Å². The van der Waals surface area contributed by atoms with Crippen molar-refractivity contribution in [1.82, 2.24) is 0 Å². The van der Waals surface area contributed by atoms with Gasteiger partial charge in [0.15, 0.2) is 0 Å². The molecule has 2 nitrogen and oxygen atoms in total. The minimum Gasteiger partial charge on any atom is -0.405 e. The first-order chi connectivity index (χ1) is 6.37. The highest BCUT2D eigenvalue weighted by atomic mass is 16.7. The summed E-state index contributed by atoms with van der Waals surface area (Å²) in [5, 5.41) is 0. The Labute approximate surface area is 80.3 Å². The molecule has 3 aliphatic rings. The molecule has 2 spiro atoms. The third-order valence-electron chi connectivity index (χ3n) is 4.20. The fourth-order valence-electron chi connectivity index (χ4n) is 3.46. The Balaban J connectivity index is 1.92. The van der Waals surface area contributed by atoms with Crippen LogP contribution in [-0.4, -0.2) is 18.9 Å². The molecule has 0 aromatic carbocycles. The minimum atomic E-state index is 0.0868. The Hall–Kier alpha value is -0.0151. The summed E-state index contributed by atoms with van der Waals surface area (Å²) in [5.41, 5.74) is 0.174. The first-order valence-corrected chi connectivity index (χ1v) is 5.54. The van der Waals surface area contributed by atoms with E-state index in [1.807, 2.05) is 0 Å². The van der Waals surface area contributed by atoms with Crippen molar-refractivity contribution in [2.45, 2.75) is 62.6 Å². The van der Waals surface area contributed by atoms with Crippen molar-refractivity contribution >= 4 is 7.69 Å². The number of hydrogen-bond acceptors (Lipinski definition) is 2. The van der Waals surface area contributed by atoms with Gasteiger partial charge >= 0.3 is 7.69 Å². The quantitative estimate of drug-likeness (QED) is 0.530. The summed E-state index contributed by atoms with van der Waals surface area (Å²) in [4.78, 5) is 0. The second kappa shape index (κ2) is 2.74. The van der Waals surface area contributed by atoms with Crippen LogP contribution < -0.4 is 0 Å². The molecule has 0 amide bonds. The molecular formula is C10H16BO2. The number of rotatable bonds is 0. The van der Waals surface area contributed by atoms with Gasteiger partial charge < -0.3 is 9.31 Å². The van der Waals surface area contributed by atoms with E-state index in [1.165, 1.54) is 51.4 Å². The van der Waals surface area contributed by atoms with Crippen LogP contribution in [0.25, 0.3) is 0 Å². The summed E-state index contributed by atoms with van der Waals surface area (Å²) in [6.45, 7) is 0. The molecule has 1 radical (unpaired) electrons. The van der Waals surface area contributed by atoms with Crippen LogP contribution in [0.4, 0.5) is 0 Å². The maximum Gasteiger partial charge on any atom is 0.489 e. The molecule has 0 bridgehead atoms. The Morgan fingerprint density at radius 1 is 0.692 bits per heavy atom. The average molecular weight is 179 g/mol. The number of fused-ring (bicyclic) bond motifs is 1. The van der Waals surface area contributed by atoms with Crippen molar-refractivity contribution < 1.29 is 9.31 Å². The van der Waals surface area contributed by atoms with E-state index in [4.69, 9.17) is 9.31 Å². The molecule has 3 rings (SSSR count). The van der Waals surface area contributed by atoms with Gasteiger partial charge in [0.05, 0.1) is 11.2 Å². The largest absolute Gasteiger partial charge is 0.489 e. The van der Waals surface area contributed by atoms with Crippen molar-refractivity contribution in [3.8, 4) is 0 Å². The van der Waals surface area contributed by atoms with E-state index < -0.39 is 0 Å². The molecule has 0 aromatic rings. The van der Waals surface area contributed by atoms with Crippen LogP contribution in [0.3, 0.4) is 0 Å². The maximum atomic E-state index is 5.79. The molecule has 1 aliphatic heterocycles. The summed E-state index contributed by atoms with van der Waals surface area (Å²) in [5.74, 6) is 0. The zero-order valence-corrected chi connectivity index (χ0v) is 8.05. The predicted molar refractivity (Wildman–Crippen MR) is 50.3 cm³/mol. The lowest BCUT2D eigenvalue weighted by atomic mass is 9.80. The van der Waals surface area contributed by atoms with E-state index in [-0.39, 0.29) is 11.2 Å². The first-order valence-electron chi connectivity index (χ1n) is 5.54. The minimum absolute atomic E-state index is 0.0868. The van der Waals surface area contributed by atoms with Gasteiger partial charge in [-0.25, -0.2) is 0 Å². The molecule has 71 valence electrons. The Kier molecular flexibility index (Phi) is 1.75. The third kappa shape index (κ3) is 0.976. The molecule has 2 aliphatic carbocycles. The predicted octanol–water partition coefficient (Wildman–Crippen LogP) is 2.19. The molecular weight excluding hydrogens is 163 g/mol. The fourth-order valence-corrected chi connectivity index (χ4v) is 3.46. The maximum absolute atomic E-state index is 5.79. The van der Waals surface area contributed by atoms with E-state index >= 15 is 0 Å². The highest BCUT2D eigenvalue weighted by Crippen LogP contribution is 2.53. The average Bonchev–Trinajstić information content (AvgIpc) is 2.79. The zero-order valence-electron chi connectivity index (χ0n) is 8.05. The summed E-state index contributed by atoms with van der Waals surface area (Å²) in [6, 6.07) is 0. The van der Waals surface area contributed by atoms with Crippen LogP contribution in [0, 0.1) is 0 Å².